The van der Waals surface area contributed by atoms with Crippen molar-refractivity contribution in [1.82, 2.24) is 0 Å². The Morgan fingerprint density at radius 2 is 1.56 bits per heavy atom. The molecule has 0 heterocycles. The fourth-order valence-electron chi connectivity index (χ4n) is 2.26. The molecule has 0 aliphatic rings. The van der Waals surface area contributed by atoms with E-state index in [1.165, 1.54) is 7.14 Å². The van der Waals surface area contributed by atoms with Crippen LogP contribution in [0, 0.1) is 13.2 Å². The molecular weight excluding hydrogens is 538 g/mol. The van der Waals surface area contributed by atoms with Gasteiger partial charge in [-0.1, -0.05) is 12.1 Å². The van der Waals surface area contributed by atoms with E-state index in [-0.39, 0.29) is 6.10 Å². The van der Waals surface area contributed by atoms with Crippen LogP contribution in [0.15, 0.2) is 60.7 Å². The first kappa shape index (κ1) is 20.4. The molecule has 2 nitrogen and oxygen atoms in total. The molecule has 130 valence electrons. The highest BCUT2D eigenvalue weighted by atomic mass is 127. The largest absolute Gasteiger partial charge is 0.406 e. The van der Waals surface area contributed by atoms with Gasteiger partial charge in [0.2, 0.25) is 6.08 Å². The third-order valence-corrected chi connectivity index (χ3v) is 4.87. The molecule has 0 N–H and O–H groups in total. The zero-order chi connectivity index (χ0) is 18.1. The van der Waals surface area contributed by atoms with Crippen LogP contribution < -0.4 is 0 Å². The van der Waals surface area contributed by atoms with Crippen molar-refractivity contribution in [1.29, 1.82) is 0 Å². The van der Waals surface area contributed by atoms with Crippen molar-refractivity contribution in [2.24, 2.45) is 0 Å². The second-order valence-corrected chi connectivity index (χ2v) is 7.70. The monoisotopic (exact) mass is 559 g/mol. The van der Waals surface area contributed by atoms with Gasteiger partial charge < -0.3 is 9.47 Å². The van der Waals surface area contributed by atoms with Crippen molar-refractivity contribution in [3.05, 3.63) is 85.0 Å². The quantitative estimate of drug-likeness (QED) is 0.161. The summed E-state index contributed by atoms with van der Waals surface area (Å²) < 4.78 is 14.0. The van der Waals surface area contributed by atoms with Crippen molar-refractivity contribution in [2.45, 2.75) is 20.0 Å². The standard InChI is InChI=1S/C21H21I2O2/c1-3-24-20(16-8-12-18(22)13-9-16)6-5-7-21(25-4-2)17-10-14-19(23)15-11-17/h6-15,20H,3-4H2,1-2H3/q+1/b21-7-. The van der Waals surface area contributed by atoms with Crippen LogP contribution in [0.4, 0.5) is 0 Å². The first-order valence-electron chi connectivity index (χ1n) is 8.19. The Balaban J connectivity index is 2.20. The number of halogens is 2. The summed E-state index contributed by atoms with van der Waals surface area (Å²) in [6.07, 6.45) is 6.95. The van der Waals surface area contributed by atoms with Crippen LogP contribution in [-0.2, 0) is 9.47 Å². The van der Waals surface area contributed by atoms with E-state index < -0.39 is 0 Å². The van der Waals surface area contributed by atoms with Crippen LogP contribution in [0.2, 0.25) is 0 Å². The average Bonchev–Trinajstić information content (AvgIpc) is 2.62. The van der Waals surface area contributed by atoms with Crippen molar-refractivity contribution in [2.75, 3.05) is 13.2 Å². The Hall–Kier alpha value is -0.950. The number of ether oxygens (including phenoxy) is 2. The first-order chi connectivity index (χ1) is 12.1. The second-order valence-electron chi connectivity index (χ2n) is 5.21. The van der Waals surface area contributed by atoms with E-state index in [1.54, 1.807) is 0 Å². The van der Waals surface area contributed by atoms with Crippen LogP contribution in [0.3, 0.4) is 0 Å². The summed E-state index contributed by atoms with van der Waals surface area (Å²) in [6, 6.07) is 16.6. The lowest BCUT2D eigenvalue weighted by molar-refractivity contribution is 0.0965. The molecule has 25 heavy (non-hydrogen) atoms. The molecule has 0 spiro atoms. The molecule has 0 aliphatic carbocycles. The van der Waals surface area contributed by atoms with Crippen LogP contribution in [0.5, 0.6) is 0 Å². The van der Waals surface area contributed by atoms with Gasteiger partial charge in [-0.2, -0.15) is 0 Å². The lowest BCUT2D eigenvalue weighted by atomic mass is 10.1. The van der Waals surface area contributed by atoms with E-state index in [2.05, 4.69) is 99.8 Å². The van der Waals surface area contributed by atoms with Gasteiger partial charge in [0.25, 0.3) is 5.76 Å². The molecule has 4 heteroatoms. The molecule has 0 radical (unpaired) electrons. The van der Waals surface area contributed by atoms with Crippen LogP contribution >= 0.6 is 45.2 Å². The minimum absolute atomic E-state index is 0.113. The predicted octanol–water partition coefficient (Wildman–Crippen LogP) is 6.41. The molecule has 0 fully saturated rings. The Bertz CT molecular complexity index is 704. The molecule has 0 aliphatic heterocycles. The van der Waals surface area contributed by atoms with E-state index in [4.69, 9.17) is 9.47 Å². The summed E-state index contributed by atoms with van der Waals surface area (Å²) in [4.78, 5) is 0. The third-order valence-electron chi connectivity index (χ3n) is 3.44. The molecule has 1 unspecified atom stereocenters. The maximum atomic E-state index is 5.84. The Kier molecular flexibility index (Phi) is 8.89. The fourth-order valence-corrected chi connectivity index (χ4v) is 2.98. The van der Waals surface area contributed by atoms with Gasteiger partial charge in [-0.15, -0.1) is 0 Å². The molecule has 0 aromatic heterocycles. The summed E-state index contributed by atoms with van der Waals surface area (Å²) >= 11 is 4.60. The first-order valence-corrected chi connectivity index (χ1v) is 10.3. The van der Waals surface area contributed by atoms with Gasteiger partial charge in [0.05, 0.1) is 12.2 Å². The molecule has 0 bridgehead atoms. The van der Waals surface area contributed by atoms with Gasteiger partial charge in [0, 0.05) is 13.7 Å². The van der Waals surface area contributed by atoms with Crippen molar-refractivity contribution in [3.8, 4) is 0 Å². The topological polar surface area (TPSA) is 18.5 Å². The molecule has 0 amide bonds. The highest BCUT2D eigenvalue weighted by Gasteiger charge is 2.13. The number of allylic oxidation sites excluding steroid dienone is 2. The SMILES string of the molecule is CCO/C(=C\[C+]=CC(OCC)c1ccc(I)cc1)c1ccc(I)cc1. The number of rotatable bonds is 8. The van der Waals surface area contributed by atoms with Gasteiger partial charge >= 0.3 is 0 Å². The number of hydrogen-bond acceptors (Lipinski definition) is 2. The van der Waals surface area contributed by atoms with Crippen LogP contribution in [-0.4, -0.2) is 13.2 Å². The van der Waals surface area contributed by atoms with Gasteiger partial charge in [-0.25, -0.2) is 0 Å². The van der Waals surface area contributed by atoms with Crippen molar-refractivity contribution in [3.63, 3.8) is 0 Å². The molecule has 0 saturated heterocycles. The minimum atomic E-state index is -0.113. The number of benzene rings is 2. The van der Waals surface area contributed by atoms with E-state index in [1.807, 2.05) is 26.0 Å². The lowest BCUT2D eigenvalue weighted by Gasteiger charge is -2.10. The summed E-state index contributed by atoms with van der Waals surface area (Å²) in [5.74, 6) is 0.813. The zero-order valence-corrected chi connectivity index (χ0v) is 18.7. The van der Waals surface area contributed by atoms with Crippen molar-refractivity contribution < 1.29 is 9.47 Å². The summed E-state index contributed by atoms with van der Waals surface area (Å²) in [7, 11) is 0. The number of hydrogen-bond donors (Lipinski definition) is 0. The minimum Gasteiger partial charge on any atom is -0.406 e. The van der Waals surface area contributed by atoms with Gasteiger partial charge in [-0.05, 0) is 101 Å². The molecule has 2 rings (SSSR count). The van der Waals surface area contributed by atoms with Crippen LogP contribution in [0.25, 0.3) is 5.76 Å². The smallest absolute Gasteiger partial charge is 0.271 e. The van der Waals surface area contributed by atoms with Gasteiger partial charge in [0.1, 0.15) is 18.3 Å². The summed E-state index contributed by atoms with van der Waals surface area (Å²) in [5, 5.41) is 0. The van der Waals surface area contributed by atoms with Crippen LogP contribution in [0.1, 0.15) is 31.1 Å². The maximum absolute atomic E-state index is 5.84. The fraction of sp³-hybridized carbons (Fsp3) is 0.238. The lowest BCUT2D eigenvalue weighted by Crippen LogP contribution is -2.01. The Morgan fingerprint density at radius 3 is 2.12 bits per heavy atom. The van der Waals surface area contributed by atoms with Crippen molar-refractivity contribution >= 4 is 50.9 Å². The Labute approximate surface area is 177 Å². The van der Waals surface area contributed by atoms with Gasteiger partial charge in [0.15, 0.2) is 0 Å². The van der Waals surface area contributed by atoms with E-state index >= 15 is 0 Å². The third kappa shape index (κ3) is 6.70. The highest BCUT2D eigenvalue weighted by Crippen LogP contribution is 2.21. The molecule has 2 aromatic carbocycles. The molecular formula is C21H21I2O2+. The predicted molar refractivity (Wildman–Crippen MR) is 120 cm³/mol. The van der Waals surface area contributed by atoms with E-state index in [0.29, 0.717) is 13.2 Å². The Morgan fingerprint density at radius 1 is 0.960 bits per heavy atom. The highest BCUT2D eigenvalue weighted by molar-refractivity contribution is 14.1. The van der Waals surface area contributed by atoms with E-state index in [0.717, 1.165) is 16.9 Å². The normalized spacial score (nSPS) is 12.9. The molecule has 0 saturated carbocycles. The van der Waals surface area contributed by atoms with Gasteiger partial charge in [-0.3, -0.25) is 0 Å². The summed E-state index contributed by atoms with van der Waals surface area (Å²) in [6.45, 7) is 5.25. The summed E-state index contributed by atoms with van der Waals surface area (Å²) in [5.41, 5.74) is 2.17. The maximum Gasteiger partial charge on any atom is 0.271 e. The van der Waals surface area contributed by atoms with E-state index in [9.17, 15) is 0 Å². The molecule has 1 atom stereocenters. The second kappa shape index (κ2) is 10.9. The zero-order valence-electron chi connectivity index (χ0n) is 14.3. The molecule has 2 aromatic rings. The average molecular weight is 559 g/mol.